The van der Waals surface area contributed by atoms with E-state index in [4.69, 9.17) is 5.11 Å². The topological polar surface area (TPSA) is 75.1 Å². The third kappa shape index (κ3) is 2.82. The minimum Gasteiger partial charge on any atom is -0.477 e. The van der Waals surface area contributed by atoms with Gasteiger partial charge in [-0.1, -0.05) is 0 Å². The molecule has 0 saturated heterocycles. The Hall–Kier alpha value is -2.43. The lowest BCUT2D eigenvalue weighted by Gasteiger charge is -2.08. The van der Waals surface area contributed by atoms with Crippen molar-refractivity contribution in [3.8, 4) is 0 Å². The Balaban J connectivity index is 2.02. The molecule has 18 heavy (non-hydrogen) atoms. The summed E-state index contributed by atoms with van der Waals surface area (Å²) in [7, 11) is 0. The summed E-state index contributed by atoms with van der Waals surface area (Å²) in [6, 6.07) is 5.12. The zero-order valence-electron chi connectivity index (χ0n) is 9.92. The number of anilines is 1. The summed E-state index contributed by atoms with van der Waals surface area (Å²) in [6.07, 6.45) is 5.07. The molecule has 2 rings (SSSR count). The SMILES string of the molecule is Cc1ccncc1CNc1ccc(C(=O)O)nc1. The summed E-state index contributed by atoms with van der Waals surface area (Å²) < 4.78 is 0. The summed E-state index contributed by atoms with van der Waals surface area (Å²) in [4.78, 5) is 18.5. The molecule has 0 amide bonds. The third-order valence-electron chi connectivity index (χ3n) is 2.61. The van der Waals surface area contributed by atoms with E-state index in [9.17, 15) is 4.79 Å². The van der Waals surface area contributed by atoms with E-state index in [1.165, 1.54) is 12.3 Å². The van der Waals surface area contributed by atoms with Crippen molar-refractivity contribution < 1.29 is 9.90 Å². The van der Waals surface area contributed by atoms with Crippen molar-refractivity contribution in [2.24, 2.45) is 0 Å². The molecule has 0 bridgehead atoms. The zero-order chi connectivity index (χ0) is 13.0. The summed E-state index contributed by atoms with van der Waals surface area (Å²) >= 11 is 0. The second kappa shape index (κ2) is 5.27. The predicted molar refractivity (Wildman–Crippen MR) is 67.5 cm³/mol. The van der Waals surface area contributed by atoms with Crippen molar-refractivity contribution in [2.75, 3.05) is 5.32 Å². The fourth-order valence-corrected chi connectivity index (χ4v) is 1.50. The van der Waals surface area contributed by atoms with E-state index >= 15 is 0 Å². The van der Waals surface area contributed by atoms with Crippen LogP contribution in [0, 0.1) is 6.92 Å². The summed E-state index contributed by atoms with van der Waals surface area (Å²) in [6.45, 7) is 2.65. The molecule has 0 fully saturated rings. The number of nitrogens with zero attached hydrogens (tertiary/aromatic N) is 2. The molecule has 0 aliphatic rings. The maximum absolute atomic E-state index is 10.6. The number of carbonyl (C=O) groups is 1. The Morgan fingerprint density at radius 2 is 2.17 bits per heavy atom. The molecule has 2 aromatic rings. The lowest BCUT2D eigenvalue weighted by molar-refractivity contribution is 0.0690. The number of aromatic nitrogens is 2. The highest BCUT2D eigenvalue weighted by molar-refractivity contribution is 5.85. The number of hydrogen-bond donors (Lipinski definition) is 2. The van der Waals surface area contributed by atoms with Gasteiger partial charge < -0.3 is 10.4 Å². The molecule has 2 aromatic heterocycles. The fourth-order valence-electron chi connectivity index (χ4n) is 1.50. The maximum Gasteiger partial charge on any atom is 0.354 e. The monoisotopic (exact) mass is 243 g/mol. The van der Waals surface area contributed by atoms with Crippen LogP contribution in [0.5, 0.6) is 0 Å². The van der Waals surface area contributed by atoms with Gasteiger partial charge in [-0.05, 0) is 36.2 Å². The second-order valence-corrected chi connectivity index (χ2v) is 3.89. The van der Waals surface area contributed by atoms with Gasteiger partial charge in [0, 0.05) is 18.9 Å². The number of aryl methyl sites for hydroxylation is 1. The molecular weight excluding hydrogens is 230 g/mol. The summed E-state index contributed by atoms with van der Waals surface area (Å²) in [5.74, 6) is -1.02. The van der Waals surface area contributed by atoms with Gasteiger partial charge in [0.2, 0.25) is 0 Å². The molecule has 5 heteroatoms. The molecule has 0 aliphatic heterocycles. The van der Waals surface area contributed by atoms with E-state index in [0.717, 1.165) is 16.8 Å². The molecule has 0 radical (unpaired) electrons. The van der Waals surface area contributed by atoms with Crippen LogP contribution in [0.15, 0.2) is 36.8 Å². The van der Waals surface area contributed by atoms with Crippen LogP contribution in [-0.2, 0) is 6.54 Å². The summed E-state index contributed by atoms with van der Waals surface area (Å²) in [5, 5.41) is 11.9. The maximum atomic E-state index is 10.6. The number of carboxylic acids is 1. The van der Waals surface area contributed by atoms with Gasteiger partial charge in [-0.2, -0.15) is 0 Å². The molecule has 0 atom stereocenters. The largest absolute Gasteiger partial charge is 0.477 e. The van der Waals surface area contributed by atoms with E-state index in [1.807, 2.05) is 13.0 Å². The number of carboxylic acid groups (broad SMARTS) is 1. The first kappa shape index (κ1) is 12.0. The Bertz CT molecular complexity index is 552. The van der Waals surface area contributed by atoms with Gasteiger partial charge >= 0.3 is 5.97 Å². The van der Waals surface area contributed by atoms with Crippen molar-refractivity contribution in [2.45, 2.75) is 13.5 Å². The van der Waals surface area contributed by atoms with E-state index < -0.39 is 5.97 Å². The number of nitrogens with one attached hydrogen (secondary N) is 1. The minimum absolute atomic E-state index is 0.0399. The van der Waals surface area contributed by atoms with Crippen LogP contribution in [0.2, 0.25) is 0 Å². The van der Waals surface area contributed by atoms with Crippen LogP contribution >= 0.6 is 0 Å². The van der Waals surface area contributed by atoms with E-state index in [1.54, 1.807) is 18.5 Å². The smallest absolute Gasteiger partial charge is 0.354 e. The average Bonchev–Trinajstić information content (AvgIpc) is 2.38. The molecule has 0 aromatic carbocycles. The molecule has 92 valence electrons. The van der Waals surface area contributed by atoms with Gasteiger partial charge in [0.15, 0.2) is 0 Å². The predicted octanol–water partition coefficient (Wildman–Crippen LogP) is 2.10. The van der Waals surface area contributed by atoms with Crippen molar-refractivity contribution in [1.82, 2.24) is 9.97 Å². The molecule has 0 aliphatic carbocycles. The molecule has 0 spiro atoms. The lowest BCUT2D eigenvalue weighted by atomic mass is 10.1. The first-order chi connectivity index (χ1) is 8.66. The molecule has 5 nitrogen and oxygen atoms in total. The molecule has 2 heterocycles. The number of aromatic carboxylic acids is 1. The van der Waals surface area contributed by atoms with Gasteiger partial charge in [0.05, 0.1) is 11.9 Å². The normalized spacial score (nSPS) is 10.1. The summed E-state index contributed by atoms with van der Waals surface area (Å²) in [5.41, 5.74) is 3.08. The first-order valence-corrected chi connectivity index (χ1v) is 5.49. The highest BCUT2D eigenvalue weighted by atomic mass is 16.4. The van der Waals surface area contributed by atoms with Crippen molar-refractivity contribution in [3.63, 3.8) is 0 Å². The molecule has 2 N–H and O–H groups in total. The Kier molecular flexibility index (Phi) is 3.52. The number of hydrogen-bond acceptors (Lipinski definition) is 4. The van der Waals surface area contributed by atoms with Gasteiger partial charge in [0.1, 0.15) is 5.69 Å². The van der Waals surface area contributed by atoms with Crippen LogP contribution in [0.1, 0.15) is 21.6 Å². The third-order valence-corrected chi connectivity index (χ3v) is 2.61. The van der Waals surface area contributed by atoms with Crippen LogP contribution in [0.3, 0.4) is 0 Å². The highest BCUT2D eigenvalue weighted by Gasteiger charge is 2.03. The van der Waals surface area contributed by atoms with Crippen LogP contribution in [0.4, 0.5) is 5.69 Å². The van der Waals surface area contributed by atoms with Gasteiger partial charge in [0.25, 0.3) is 0 Å². The van der Waals surface area contributed by atoms with Crippen molar-refractivity contribution in [1.29, 1.82) is 0 Å². The van der Waals surface area contributed by atoms with Gasteiger partial charge in [-0.25, -0.2) is 9.78 Å². The van der Waals surface area contributed by atoms with E-state index in [2.05, 4.69) is 15.3 Å². The lowest BCUT2D eigenvalue weighted by Crippen LogP contribution is -2.04. The fraction of sp³-hybridized carbons (Fsp3) is 0.154. The number of rotatable bonds is 4. The first-order valence-electron chi connectivity index (χ1n) is 5.49. The quantitative estimate of drug-likeness (QED) is 0.860. The minimum atomic E-state index is -1.02. The van der Waals surface area contributed by atoms with Crippen LogP contribution < -0.4 is 5.32 Å². The zero-order valence-corrected chi connectivity index (χ0v) is 9.92. The standard InChI is InChI=1S/C13H13N3O2/c1-9-4-5-14-6-10(9)7-15-11-2-3-12(13(17)18)16-8-11/h2-6,8,15H,7H2,1H3,(H,17,18). The molecular formula is C13H13N3O2. The van der Waals surface area contributed by atoms with E-state index in [0.29, 0.717) is 6.54 Å². The Morgan fingerprint density at radius 3 is 2.78 bits per heavy atom. The Morgan fingerprint density at radius 1 is 1.33 bits per heavy atom. The van der Waals surface area contributed by atoms with Crippen LogP contribution in [-0.4, -0.2) is 21.0 Å². The highest BCUT2D eigenvalue weighted by Crippen LogP contribution is 2.10. The van der Waals surface area contributed by atoms with Gasteiger partial charge in [-0.15, -0.1) is 0 Å². The van der Waals surface area contributed by atoms with E-state index in [-0.39, 0.29) is 5.69 Å². The van der Waals surface area contributed by atoms with Crippen LogP contribution in [0.25, 0.3) is 0 Å². The van der Waals surface area contributed by atoms with Crippen molar-refractivity contribution >= 4 is 11.7 Å². The number of pyridine rings is 2. The Labute approximate surface area is 105 Å². The average molecular weight is 243 g/mol. The second-order valence-electron chi connectivity index (χ2n) is 3.89. The molecule has 0 saturated carbocycles. The molecule has 0 unspecified atom stereocenters. The van der Waals surface area contributed by atoms with Gasteiger partial charge in [-0.3, -0.25) is 4.98 Å². The van der Waals surface area contributed by atoms with Crippen molar-refractivity contribution in [3.05, 3.63) is 53.6 Å².